The molecule has 0 bridgehead atoms. The average Bonchev–Trinajstić information content (AvgIpc) is 2.36. The first kappa shape index (κ1) is 14.3. The molecule has 0 aliphatic heterocycles. The van der Waals surface area contributed by atoms with Crippen LogP contribution in [-0.2, 0) is 9.53 Å². The van der Waals surface area contributed by atoms with Crippen LogP contribution in [-0.4, -0.2) is 12.6 Å². The molecule has 0 unspecified atom stereocenters. The topological polar surface area (TPSA) is 26.3 Å². The predicted octanol–water partition coefficient (Wildman–Crippen LogP) is 4.25. The molecule has 0 amide bonds. The third-order valence-electron chi connectivity index (χ3n) is 3.63. The molecule has 0 aromatic rings. The Balaban J connectivity index is 2.03. The van der Waals surface area contributed by atoms with Crippen LogP contribution in [0.25, 0.3) is 0 Å². The zero-order valence-electron chi connectivity index (χ0n) is 11.2. The van der Waals surface area contributed by atoms with Gasteiger partial charge in [0.1, 0.15) is 0 Å². The Labute approximate surface area is 105 Å². The molecule has 17 heavy (non-hydrogen) atoms. The minimum atomic E-state index is -0.217. The van der Waals surface area contributed by atoms with E-state index >= 15 is 0 Å². The zero-order chi connectivity index (χ0) is 12.5. The molecule has 0 aromatic carbocycles. The monoisotopic (exact) mass is 238 g/mol. The highest BCUT2D eigenvalue weighted by atomic mass is 16.5. The van der Waals surface area contributed by atoms with Gasteiger partial charge in [0.25, 0.3) is 0 Å². The minimum absolute atomic E-state index is 0.217. The first-order valence-electron chi connectivity index (χ1n) is 7.09. The maximum absolute atomic E-state index is 11.3. The van der Waals surface area contributed by atoms with Crippen molar-refractivity contribution < 1.29 is 9.53 Å². The fourth-order valence-electron chi connectivity index (χ4n) is 2.58. The van der Waals surface area contributed by atoms with Gasteiger partial charge in [-0.2, -0.15) is 0 Å². The van der Waals surface area contributed by atoms with Gasteiger partial charge in [0.15, 0.2) is 0 Å². The second-order valence-electron chi connectivity index (χ2n) is 5.07. The van der Waals surface area contributed by atoms with Gasteiger partial charge in [-0.05, 0) is 25.7 Å². The summed E-state index contributed by atoms with van der Waals surface area (Å²) in [4.78, 5) is 11.3. The maximum atomic E-state index is 11.3. The molecule has 0 aromatic heterocycles. The van der Waals surface area contributed by atoms with Gasteiger partial charge in [0.2, 0.25) is 0 Å². The SMILES string of the molecule is C=C(CCCCC1CCCCC1)C(=O)OCC. The Kier molecular flexibility index (Phi) is 6.99. The van der Waals surface area contributed by atoms with Gasteiger partial charge in [-0.1, -0.05) is 51.5 Å². The number of carbonyl (C=O) groups excluding carboxylic acids is 1. The molecular weight excluding hydrogens is 212 g/mol. The highest BCUT2D eigenvalue weighted by molar-refractivity contribution is 5.87. The number of hydrogen-bond donors (Lipinski definition) is 0. The molecule has 1 fully saturated rings. The van der Waals surface area contributed by atoms with Crippen LogP contribution in [0.3, 0.4) is 0 Å². The van der Waals surface area contributed by atoms with Crippen LogP contribution in [0.1, 0.15) is 64.7 Å². The standard InChI is InChI=1S/C15H26O2/c1-3-17-15(16)13(2)9-7-8-12-14-10-5-4-6-11-14/h14H,2-12H2,1H3. The molecule has 0 spiro atoms. The van der Waals surface area contributed by atoms with E-state index in [9.17, 15) is 4.79 Å². The third-order valence-corrected chi connectivity index (χ3v) is 3.63. The van der Waals surface area contributed by atoms with Gasteiger partial charge < -0.3 is 4.74 Å². The number of hydrogen-bond acceptors (Lipinski definition) is 2. The van der Waals surface area contributed by atoms with E-state index in [0.29, 0.717) is 12.2 Å². The van der Waals surface area contributed by atoms with Gasteiger partial charge in [-0.3, -0.25) is 0 Å². The Bertz CT molecular complexity index is 239. The summed E-state index contributed by atoms with van der Waals surface area (Å²) in [5.74, 6) is 0.727. The van der Waals surface area contributed by atoms with Gasteiger partial charge in [-0.25, -0.2) is 4.79 Å². The Morgan fingerprint density at radius 1 is 1.24 bits per heavy atom. The minimum Gasteiger partial charge on any atom is -0.463 e. The van der Waals surface area contributed by atoms with E-state index in [1.54, 1.807) is 0 Å². The number of esters is 1. The van der Waals surface area contributed by atoms with Crippen LogP contribution in [0.2, 0.25) is 0 Å². The quantitative estimate of drug-likeness (QED) is 0.376. The molecule has 0 N–H and O–H groups in total. The largest absolute Gasteiger partial charge is 0.463 e. The normalized spacial score (nSPS) is 16.8. The number of unbranched alkanes of at least 4 members (excludes halogenated alkanes) is 1. The summed E-state index contributed by atoms with van der Waals surface area (Å²) in [5, 5.41) is 0. The summed E-state index contributed by atoms with van der Waals surface area (Å²) in [6.07, 6.45) is 11.5. The third kappa shape index (κ3) is 5.90. The van der Waals surface area contributed by atoms with Crippen molar-refractivity contribution in [1.29, 1.82) is 0 Å². The smallest absolute Gasteiger partial charge is 0.333 e. The lowest BCUT2D eigenvalue weighted by molar-refractivity contribution is -0.138. The lowest BCUT2D eigenvalue weighted by Gasteiger charge is -2.21. The fourth-order valence-corrected chi connectivity index (χ4v) is 2.58. The van der Waals surface area contributed by atoms with Crippen LogP contribution < -0.4 is 0 Å². The summed E-state index contributed by atoms with van der Waals surface area (Å²) >= 11 is 0. The Hall–Kier alpha value is -0.790. The number of rotatable bonds is 7. The van der Waals surface area contributed by atoms with Crippen molar-refractivity contribution in [3.05, 3.63) is 12.2 Å². The van der Waals surface area contributed by atoms with Crippen LogP contribution in [0.4, 0.5) is 0 Å². The van der Waals surface area contributed by atoms with E-state index in [-0.39, 0.29) is 5.97 Å². The van der Waals surface area contributed by atoms with Crippen LogP contribution >= 0.6 is 0 Å². The summed E-state index contributed by atoms with van der Waals surface area (Å²) < 4.78 is 4.91. The van der Waals surface area contributed by atoms with Crippen molar-refractivity contribution >= 4 is 5.97 Å². The first-order chi connectivity index (χ1) is 8.24. The molecule has 0 heterocycles. The molecular formula is C15H26O2. The highest BCUT2D eigenvalue weighted by Gasteiger charge is 2.13. The Morgan fingerprint density at radius 3 is 2.59 bits per heavy atom. The molecule has 0 radical (unpaired) electrons. The lowest BCUT2D eigenvalue weighted by atomic mass is 9.85. The zero-order valence-corrected chi connectivity index (χ0v) is 11.2. The van der Waals surface area contributed by atoms with E-state index in [1.807, 2.05) is 6.92 Å². The molecule has 0 saturated heterocycles. The van der Waals surface area contributed by atoms with Crippen molar-refractivity contribution in [3.63, 3.8) is 0 Å². The number of carbonyl (C=O) groups is 1. The number of ether oxygens (including phenoxy) is 1. The van der Waals surface area contributed by atoms with Gasteiger partial charge >= 0.3 is 5.97 Å². The van der Waals surface area contributed by atoms with Gasteiger partial charge in [-0.15, -0.1) is 0 Å². The molecule has 2 nitrogen and oxygen atoms in total. The highest BCUT2D eigenvalue weighted by Crippen LogP contribution is 2.28. The van der Waals surface area contributed by atoms with Crippen molar-refractivity contribution in [1.82, 2.24) is 0 Å². The van der Waals surface area contributed by atoms with Crippen LogP contribution in [0.15, 0.2) is 12.2 Å². The average molecular weight is 238 g/mol. The molecule has 1 aliphatic rings. The van der Waals surface area contributed by atoms with Crippen molar-refractivity contribution in [2.24, 2.45) is 5.92 Å². The van der Waals surface area contributed by atoms with Crippen molar-refractivity contribution in [3.8, 4) is 0 Å². The predicted molar refractivity (Wildman–Crippen MR) is 70.8 cm³/mol. The van der Waals surface area contributed by atoms with E-state index in [4.69, 9.17) is 4.74 Å². The van der Waals surface area contributed by atoms with Crippen molar-refractivity contribution in [2.45, 2.75) is 64.7 Å². The molecule has 1 aliphatic carbocycles. The Morgan fingerprint density at radius 2 is 1.94 bits per heavy atom. The molecule has 0 atom stereocenters. The van der Waals surface area contributed by atoms with E-state index in [1.165, 1.54) is 44.9 Å². The second kappa shape index (κ2) is 8.32. The second-order valence-corrected chi connectivity index (χ2v) is 5.07. The summed E-state index contributed by atoms with van der Waals surface area (Å²) in [6, 6.07) is 0. The molecule has 2 heteroatoms. The fraction of sp³-hybridized carbons (Fsp3) is 0.800. The van der Waals surface area contributed by atoms with Crippen LogP contribution in [0, 0.1) is 5.92 Å². The maximum Gasteiger partial charge on any atom is 0.333 e. The van der Waals surface area contributed by atoms with Gasteiger partial charge in [0, 0.05) is 5.57 Å². The lowest BCUT2D eigenvalue weighted by Crippen LogP contribution is -2.08. The summed E-state index contributed by atoms with van der Waals surface area (Å²) in [7, 11) is 0. The van der Waals surface area contributed by atoms with E-state index in [2.05, 4.69) is 6.58 Å². The van der Waals surface area contributed by atoms with Crippen LogP contribution in [0.5, 0.6) is 0 Å². The molecule has 1 saturated carbocycles. The molecule has 1 rings (SSSR count). The molecule has 98 valence electrons. The van der Waals surface area contributed by atoms with E-state index in [0.717, 1.165) is 18.8 Å². The summed E-state index contributed by atoms with van der Waals surface area (Å²) in [6.45, 7) is 6.06. The first-order valence-corrected chi connectivity index (χ1v) is 7.09. The summed E-state index contributed by atoms with van der Waals surface area (Å²) in [5.41, 5.74) is 0.635. The van der Waals surface area contributed by atoms with Crippen molar-refractivity contribution in [2.75, 3.05) is 6.61 Å². The van der Waals surface area contributed by atoms with E-state index < -0.39 is 0 Å². The van der Waals surface area contributed by atoms with Gasteiger partial charge in [0.05, 0.1) is 6.61 Å².